The van der Waals surface area contributed by atoms with Gasteiger partial charge in [-0.2, -0.15) is 0 Å². The molecule has 0 fully saturated rings. The van der Waals surface area contributed by atoms with Gasteiger partial charge >= 0.3 is 0 Å². The van der Waals surface area contributed by atoms with Crippen LogP contribution in [0, 0.1) is 0 Å². The van der Waals surface area contributed by atoms with Crippen LogP contribution in [0.25, 0.3) is 10.9 Å². The summed E-state index contributed by atoms with van der Waals surface area (Å²) in [5.41, 5.74) is 3.05. The highest BCUT2D eigenvalue weighted by atomic mass is 16.5. The van der Waals surface area contributed by atoms with Gasteiger partial charge in [0.05, 0.1) is 10.9 Å². The van der Waals surface area contributed by atoms with Gasteiger partial charge < -0.3 is 4.74 Å². The van der Waals surface area contributed by atoms with Crippen LogP contribution in [0.5, 0.6) is 5.75 Å². The molecule has 3 rings (SSSR count). The number of para-hydroxylation sites is 2. The normalized spacial score (nSPS) is 11.9. The zero-order valence-corrected chi connectivity index (χ0v) is 15.5. The first-order valence-corrected chi connectivity index (χ1v) is 9.17. The van der Waals surface area contributed by atoms with Crippen LogP contribution in [-0.2, 0) is 11.2 Å². The smallest absolute Gasteiger partial charge is 0.280 e. The summed E-state index contributed by atoms with van der Waals surface area (Å²) in [6.07, 6.45) is 1.15. The number of ether oxygens (including phenoxy) is 1. The summed E-state index contributed by atoms with van der Waals surface area (Å²) in [4.78, 5) is 30.2. The Morgan fingerprint density at radius 1 is 1.11 bits per heavy atom. The van der Waals surface area contributed by atoms with Crippen molar-refractivity contribution in [2.45, 2.75) is 39.2 Å². The van der Waals surface area contributed by atoms with Gasteiger partial charge in [0.15, 0.2) is 6.10 Å². The first kappa shape index (κ1) is 18.6. The summed E-state index contributed by atoms with van der Waals surface area (Å²) in [5.74, 6) is 0.763. The Hall–Kier alpha value is -3.15. The molecule has 0 aliphatic rings. The number of aromatic nitrogens is 2. The maximum atomic E-state index is 12.9. The predicted octanol–water partition coefficient (Wildman–Crippen LogP) is 3.28. The van der Waals surface area contributed by atoms with Gasteiger partial charge in [-0.1, -0.05) is 44.2 Å². The van der Waals surface area contributed by atoms with Gasteiger partial charge in [-0.3, -0.25) is 15.0 Å². The quantitative estimate of drug-likeness (QED) is 0.697. The Kier molecular flexibility index (Phi) is 5.86. The molecule has 0 saturated heterocycles. The number of amides is 1. The SMILES string of the molecule is CCCc1nc2ccccc2c(=O)n1NC(=O)C(CC)Oc1ccccc1. The number of carbonyl (C=O) groups is 1. The Bertz CT molecular complexity index is 983. The number of nitrogens with one attached hydrogen (secondary N) is 1. The molecule has 6 nitrogen and oxygen atoms in total. The topological polar surface area (TPSA) is 73.2 Å². The molecule has 6 heteroatoms. The fraction of sp³-hybridized carbons (Fsp3) is 0.286. The highest BCUT2D eigenvalue weighted by Gasteiger charge is 2.21. The van der Waals surface area contributed by atoms with Crippen LogP contribution >= 0.6 is 0 Å². The highest BCUT2D eigenvalue weighted by Crippen LogP contribution is 2.13. The Balaban J connectivity index is 1.92. The number of carbonyl (C=O) groups excluding carboxylic acids is 1. The third-order valence-electron chi connectivity index (χ3n) is 4.23. The average Bonchev–Trinajstić information content (AvgIpc) is 2.70. The lowest BCUT2D eigenvalue weighted by Crippen LogP contribution is -2.42. The second-order valence-electron chi connectivity index (χ2n) is 6.24. The van der Waals surface area contributed by atoms with E-state index in [-0.39, 0.29) is 11.5 Å². The van der Waals surface area contributed by atoms with E-state index in [2.05, 4.69) is 10.4 Å². The monoisotopic (exact) mass is 365 g/mol. The maximum Gasteiger partial charge on any atom is 0.280 e. The van der Waals surface area contributed by atoms with Crippen molar-refractivity contribution in [3.05, 3.63) is 70.8 Å². The summed E-state index contributed by atoms with van der Waals surface area (Å²) in [6.45, 7) is 3.86. The number of benzene rings is 2. The summed E-state index contributed by atoms with van der Waals surface area (Å²) in [6, 6.07) is 16.3. The molecule has 1 heterocycles. The number of fused-ring (bicyclic) bond motifs is 1. The van der Waals surface area contributed by atoms with Crippen LogP contribution in [0.4, 0.5) is 0 Å². The largest absolute Gasteiger partial charge is 0.481 e. The van der Waals surface area contributed by atoms with Crippen molar-refractivity contribution in [3.8, 4) is 5.75 Å². The number of aryl methyl sites for hydroxylation is 1. The molecule has 1 amide bonds. The standard InChI is InChI=1S/C21H23N3O3/c1-3-10-19-22-17-14-9-8-13-16(17)21(26)24(19)23-20(25)18(4-2)27-15-11-6-5-7-12-15/h5-9,11-14,18H,3-4,10H2,1-2H3,(H,23,25). The molecular formula is C21H23N3O3. The Morgan fingerprint density at radius 2 is 1.81 bits per heavy atom. The van der Waals surface area contributed by atoms with E-state index in [1.54, 1.807) is 30.3 Å². The van der Waals surface area contributed by atoms with Gasteiger partial charge in [0.25, 0.3) is 11.5 Å². The van der Waals surface area contributed by atoms with E-state index < -0.39 is 6.10 Å². The van der Waals surface area contributed by atoms with E-state index in [4.69, 9.17) is 4.74 Å². The second-order valence-corrected chi connectivity index (χ2v) is 6.24. The lowest BCUT2D eigenvalue weighted by molar-refractivity contribution is -0.123. The minimum absolute atomic E-state index is 0.285. The average molecular weight is 365 g/mol. The van der Waals surface area contributed by atoms with Crippen LogP contribution in [0.1, 0.15) is 32.5 Å². The summed E-state index contributed by atoms with van der Waals surface area (Å²) >= 11 is 0. The molecule has 0 aliphatic heterocycles. The van der Waals surface area contributed by atoms with Crippen molar-refractivity contribution in [2.24, 2.45) is 0 Å². The van der Waals surface area contributed by atoms with Crippen molar-refractivity contribution >= 4 is 16.8 Å². The lowest BCUT2D eigenvalue weighted by Gasteiger charge is -2.19. The molecule has 0 spiro atoms. The van der Waals surface area contributed by atoms with Gasteiger partial charge in [-0.25, -0.2) is 9.66 Å². The first-order valence-electron chi connectivity index (χ1n) is 9.17. The van der Waals surface area contributed by atoms with Crippen LogP contribution in [-0.4, -0.2) is 21.7 Å². The molecule has 1 atom stereocenters. The number of nitrogens with zero attached hydrogens (tertiary/aromatic N) is 2. The highest BCUT2D eigenvalue weighted by molar-refractivity contribution is 5.88. The third kappa shape index (κ3) is 4.16. The zero-order valence-electron chi connectivity index (χ0n) is 15.5. The van der Waals surface area contributed by atoms with Crippen molar-refractivity contribution in [1.82, 2.24) is 9.66 Å². The van der Waals surface area contributed by atoms with E-state index >= 15 is 0 Å². The van der Waals surface area contributed by atoms with Crippen LogP contribution in [0.15, 0.2) is 59.4 Å². The third-order valence-corrected chi connectivity index (χ3v) is 4.23. The van der Waals surface area contributed by atoms with Crippen molar-refractivity contribution < 1.29 is 9.53 Å². The number of hydrogen-bond acceptors (Lipinski definition) is 4. The molecule has 27 heavy (non-hydrogen) atoms. The minimum Gasteiger partial charge on any atom is -0.481 e. The summed E-state index contributed by atoms with van der Waals surface area (Å²) in [7, 11) is 0. The van der Waals surface area contributed by atoms with Crippen molar-refractivity contribution in [1.29, 1.82) is 0 Å². The molecule has 1 aromatic heterocycles. The number of hydrogen-bond donors (Lipinski definition) is 1. The van der Waals surface area contributed by atoms with Crippen LogP contribution in [0.3, 0.4) is 0 Å². The van der Waals surface area contributed by atoms with E-state index in [0.717, 1.165) is 6.42 Å². The van der Waals surface area contributed by atoms with E-state index in [1.807, 2.05) is 38.1 Å². The maximum absolute atomic E-state index is 12.9. The molecule has 0 saturated carbocycles. The predicted molar refractivity (Wildman–Crippen MR) is 106 cm³/mol. The van der Waals surface area contributed by atoms with Gasteiger partial charge in [-0.05, 0) is 37.1 Å². The van der Waals surface area contributed by atoms with Crippen LogP contribution in [0.2, 0.25) is 0 Å². The van der Waals surface area contributed by atoms with E-state index in [1.165, 1.54) is 4.68 Å². The second kappa shape index (κ2) is 8.49. The van der Waals surface area contributed by atoms with Gasteiger partial charge in [0.2, 0.25) is 0 Å². The lowest BCUT2D eigenvalue weighted by atomic mass is 10.2. The van der Waals surface area contributed by atoms with E-state index in [0.29, 0.717) is 35.3 Å². The molecule has 1 unspecified atom stereocenters. The fourth-order valence-electron chi connectivity index (χ4n) is 2.85. The molecule has 0 radical (unpaired) electrons. The fourth-order valence-corrected chi connectivity index (χ4v) is 2.85. The Labute approximate surface area is 157 Å². The van der Waals surface area contributed by atoms with Gasteiger partial charge in [-0.15, -0.1) is 0 Å². The van der Waals surface area contributed by atoms with Gasteiger partial charge in [0.1, 0.15) is 11.6 Å². The molecule has 1 N–H and O–H groups in total. The Morgan fingerprint density at radius 3 is 2.52 bits per heavy atom. The van der Waals surface area contributed by atoms with Crippen molar-refractivity contribution in [2.75, 3.05) is 5.43 Å². The molecule has 3 aromatic rings. The van der Waals surface area contributed by atoms with E-state index in [9.17, 15) is 9.59 Å². The van der Waals surface area contributed by atoms with Crippen molar-refractivity contribution in [3.63, 3.8) is 0 Å². The molecular weight excluding hydrogens is 342 g/mol. The molecule has 0 aliphatic carbocycles. The molecule has 140 valence electrons. The summed E-state index contributed by atoms with van der Waals surface area (Å²) in [5, 5.41) is 0.467. The summed E-state index contributed by atoms with van der Waals surface area (Å²) < 4.78 is 7.03. The zero-order chi connectivity index (χ0) is 19.2. The number of rotatable bonds is 7. The van der Waals surface area contributed by atoms with Gasteiger partial charge in [0, 0.05) is 6.42 Å². The molecule has 2 aromatic carbocycles. The minimum atomic E-state index is -0.708. The first-order chi connectivity index (χ1) is 13.1. The van der Waals surface area contributed by atoms with Crippen LogP contribution < -0.4 is 15.7 Å². The molecule has 0 bridgehead atoms.